The molecule has 0 aliphatic heterocycles. The third-order valence-corrected chi connectivity index (χ3v) is 3.47. The van der Waals surface area contributed by atoms with E-state index in [0.29, 0.717) is 28.2 Å². The minimum absolute atomic E-state index is 0.00568. The molecule has 0 aliphatic rings. The van der Waals surface area contributed by atoms with E-state index in [1.54, 1.807) is 19.1 Å². The highest BCUT2D eigenvalue weighted by Crippen LogP contribution is 2.32. The van der Waals surface area contributed by atoms with E-state index in [1.807, 2.05) is 0 Å². The summed E-state index contributed by atoms with van der Waals surface area (Å²) in [5.74, 6) is 1.09. The quantitative estimate of drug-likeness (QED) is 0.797. The van der Waals surface area contributed by atoms with Crippen LogP contribution in [0.1, 0.15) is 24.4 Å². The van der Waals surface area contributed by atoms with Crippen LogP contribution in [0.3, 0.4) is 0 Å². The van der Waals surface area contributed by atoms with Crippen LogP contribution in [-0.4, -0.2) is 23.3 Å². The summed E-state index contributed by atoms with van der Waals surface area (Å²) < 4.78 is 43.0. The number of methoxy groups -OCH3 is 1. The zero-order valence-corrected chi connectivity index (χ0v) is 13.2. The maximum atomic E-state index is 12.3. The smallest absolute Gasteiger partial charge is 0.389 e. The molecule has 0 N–H and O–H groups in total. The molecule has 0 unspecified atom stereocenters. The fourth-order valence-electron chi connectivity index (χ4n) is 2.20. The lowest BCUT2D eigenvalue weighted by molar-refractivity contribution is -0.135. The highest BCUT2D eigenvalue weighted by Gasteiger charge is 2.26. The number of halogens is 4. The summed E-state index contributed by atoms with van der Waals surface area (Å²) >= 11 is 3.36. The van der Waals surface area contributed by atoms with E-state index in [-0.39, 0.29) is 12.8 Å². The number of nitrogens with zero attached hydrogens (tertiary/aromatic N) is 2. The zero-order valence-electron chi connectivity index (χ0n) is 11.6. The van der Waals surface area contributed by atoms with Crippen LogP contribution in [0, 0.1) is 6.92 Å². The molecule has 0 atom stereocenters. The number of benzene rings is 1. The third-order valence-electron chi connectivity index (χ3n) is 3.01. The van der Waals surface area contributed by atoms with Crippen molar-refractivity contribution in [3.63, 3.8) is 0 Å². The van der Waals surface area contributed by atoms with E-state index in [2.05, 4.69) is 25.9 Å². The van der Waals surface area contributed by atoms with E-state index in [9.17, 15) is 13.2 Å². The van der Waals surface area contributed by atoms with Gasteiger partial charge in [0.2, 0.25) is 0 Å². The Hall–Kier alpha value is -1.37. The van der Waals surface area contributed by atoms with Gasteiger partial charge in [0.25, 0.3) is 0 Å². The number of hydrogen-bond donors (Lipinski definition) is 0. The average Bonchev–Trinajstić information content (AvgIpc) is 2.35. The molecule has 0 spiro atoms. The molecule has 1 aromatic carbocycles. The Kier molecular flexibility index (Phi) is 4.70. The second-order valence-corrected chi connectivity index (χ2v) is 5.60. The lowest BCUT2D eigenvalue weighted by Gasteiger charge is -2.12. The lowest BCUT2D eigenvalue weighted by Crippen LogP contribution is -2.08. The van der Waals surface area contributed by atoms with E-state index < -0.39 is 12.6 Å². The molecule has 0 fully saturated rings. The lowest BCUT2D eigenvalue weighted by atomic mass is 10.1. The first kappa shape index (κ1) is 16.0. The highest BCUT2D eigenvalue weighted by atomic mass is 79.9. The molecule has 1 aromatic heterocycles. The van der Waals surface area contributed by atoms with Crippen molar-refractivity contribution in [1.29, 1.82) is 0 Å². The van der Waals surface area contributed by atoms with Gasteiger partial charge in [-0.15, -0.1) is 0 Å². The van der Waals surface area contributed by atoms with Crippen molar-refractivity contribution in [2.45, 2.75) is 32.4 Å². The van der Waals surface area contributed by atoms with Crippen LogP contribution in [0.2, 0.25) is 0 Å². The maximum absolute atomic E-state index is 12.3. The largest absolute Gasteiger partial charge is 0.496 e. The fraction of sp³-hybridized carbons (Fsp3) is 0.429. The van der Waals surface area contributed by atoms with Gasteiger partial charge in [-0.1, -0.05) is 15.9 Å². The van der Waals surface area contributed by atoms with Gasteiger partial charge in [-0.2, -0.15) is 13.2 Å². The van der Waals surface area contributed by atoms with Crippen molar-refractivity contribution >= 4 is 26.8 Å². The van der Waals surface area contributed by atoms with Crippen molar-refractivity contribution in [2.75, 3.05) is 7.11 Å². The SMILES string of the molecule is COc1cc(Br)cc2nc(C)nc(CCCC(F)(F)F)c12. The Bertz CT molecular complexity index is 653. The topological polar surface area (TPSA) is 35.0 Å². The molecule has 0 amide bonds. The standard InChI is InChI=1S/C14H14BrF3N2O/c1-8-19-10(4-3-5-14(16,17)18)13-11(20-8)6-9(15)7-12(13)21-2/h6-7H,3-5H2,1-2H3. The third kappa shape index (κ3) is 4.06. The van der Waals surface area contributed by atoms with Gasteiger partial charge in [0.05, 0.1) is 23.7 Å². The van der Waals surface area contributed by atoms with Crippen LogP contribution in [-0.2, 0) is 6.42 Å². The summed E-state index contributed by atoms with van der Waals surface area (Å²) in [5, 5.41) is 0.675. The van der Waals surface area contributed by atoms with Crippen molar-refractivity contribution in [1.82, 2.24) is 9.97 Å². The molecule has 2 rings (SSSR count). The molecule has 0 bridgehead atoms. The summed E-state index contributed by atoms with van der Waals surface area (Å²) in [5.41, 5.74) is 1.25. The van der Waals surface area contributed by atoms with Crippen LogP contribution in [0.5, 0.6) is 5.75 Å². The van der Waals surface area contributed by atoms with E-state index >= 15 is 0 Å². The Balaban J connectivity index is 2.42. The second kappa shape index (κ2) is 6.17. The molecule has 1 heterocycles. The molecule has 0 radical (unpaired) electrons. The number of alkyl halides is 3. The first-order chi connectivity index (χ1) is 9.80. The second-order valence-electron chi connectivity index (χ2n) is 4.69. The van der Waals surface area contributed by atoms with Gasteiger partial charge >= 0.3 is 6.18 Å². The Morgan fingerprint density at radius 3 is 2.57 bits per heavy atom. The molecular weight excluding hydrogens is 349 g/mol. The summed E-state index contributed by atoms with van der Waals surface area (Å²) in [6.07, 6.45) is -4.74. The van der Waals surface area contributed by atoms with Crippen molar-refractivity contribution in [3.8, 4) is 5.75 Å². The molecule has 3 nitrogen and oxygen atoms in total. The number of aromatic nitrogens is 2. The molecule has 114 valence electrons. The highest BCUT2D eigenvalue weighted by molar-refractivity contribution is 9.10. The number of fused-ring (bicyclic) bond motifs is 1. The summed E-state index contributed by atoms with van der Waals surface area (Å²) in [6, 6.07) is 3.56. The molecule has 7 heteroatoms. The van der Waals surface area contributed by atoms with Crippen LogP contribution in [0.4, 0.5) is 13.2 Å². The van der Waals surface area contributed by atoms with Gasteiger partial charge in [0.1, 0.15) is 11.6 Å². The minimum Gasteiger partial charge on any atom is -0.496 e. The molecule has 0 aliphatic carbocycles. The Morgan fingerprint density at radius 1 is 1.24 bits per heavy atom. The van der Waals surface area contributed by atoms with Crippen molar-refractivity contribution in [3.05, 3.63) is 28.1 Å². The number of rotatable bonds is 4. The first-order valence-electron chi connectivity index (χ1n) is 6.37. The minimum atomic E-state index is -4.15. The van der Waals surface area contributed by atoms with E-state index in [4.69, 9.17) is 4.74 Å². The van der Waals surface area contributed by atoms with E-state index in [1.165, 1.54) is 7.11 Å². The monoisotopic (exact) mass is 362 g/mol. The molecule has 0 saturated heterocycles. The number of hydrogen-bond acceptors (Lipinski definition) is 3. The fourth-order valence-corrected chi connectivity index (χ4v) is 2.62. The molecular formula is C14H14BrF3N2O. The normalized spacial score (nSPS) is 11.9. The van der Waals surface area contributed by atoms with Gasteiger partial charge in [0.15, 0.2) is 0 Å². The number of aryl methyl sites for hydroxylation is 2. The first-order valence-corrected chi connectivity index (χ1v) is 7.17. The summed E-state index contributed by atoms with van der Waals surface area (Å²) in [7, 11) is 1.51. The Morgan fingerprint density at radius 2 is 1.95 bits per heavy atom. The predicted octanol–water partition coefficient (Wildman–Crippen LogP) is 4.59. The predicted molar refractivity (Wildman–Crippen MR) is 77.5 cm³/mol. The molecule has 0 saturated carbocycles. The molecule has 2 aromatic rings. The van der Waals surface area contributed by atoms with Crippen LogP contribution >= 0.6 is 15.9 Å². The van der Waals surface area contributed by atoms with Crippen molar-refractivity contribution in [2.24, 2.45) is 0 Å². The van der Waals surface area contributed by atoms with Crippen molar-refractivity contribution < 1.29 is 17.9 Å². The van der Waals surface area contributed by atoms with Gasteiger partial charge in [-0.05, 0) is 31.9 Å². The van der Waals surface area contributed by atoms with Gasteiger partial charge < -0.3 is 4.74 Å². The molecule has 21 heavy (non-hydrogen) atoms. The van der Waals surface area contributed by atoms with E-state index in [0.717, 1.165) is 4.47 Å². The van der Waals surface area contributed by atoms with Crippen LogP contribution < -0.4 is 4.74 Å². The van der Waals surface area contributed by atoms with Gasteiger partial charge in [-0.25, -0.2) is 9.97 Å². The van der Waals surface area contributed by atoms with Crippen LogP contribution in [0.15, 0.2) is 16.6 Å². The van der Waals surface area contributed by atoms with Gasteiger partial charge in [0, 0.05) is 10.9 Å². The summed E-state index contributed by atoms with van der Waals surface area (Å²) in [6.45, 7) is 1.72. The average molecular weight is 363 g/mol. The Labute approximate surface area is 128 Å². The maximum Gasteiger partial charge on any atom is 0.389 e. The number of ether oxygens (including phenoxy) is 1. The summed E-state index contributed by atoms with van der Waals surface area (Å²) in [4.78, 5) is 8.60. The zero-order chi connectivity index (χ0) is 15.6. The van der Waals surface area contributed by atoms with Crippen LogP contribution in [0.25, 0.3) is 10.9 Å². The van der Waals surface area contributed by atoms with Gasteiger partial charge in [-0.3, -0.25) is 0 Å².